The van der Waals surface area contributed by atoms with Crippen LogP contribution in [0.2, 0.25) is 0 Å². The number of ether oxygens (including phenoxy) is 1. The molecule has 2 aliphatic rings. The quantitative estimate of drug-likeness (QED) is 0.677. The van der Waals surface area contributed by atoms with Crippen LogP contribution in [0.3, 0.4) is 0 Å². The molecule has 1 fully saturated rings. The summed E-state index contributed by atoms with van der Waals surface area (Å²) in [5.74, 6) is 0.207. The van der Waals surface area contributed by atoms with E-state index in [-0.39, 0.29) is 43.2 Å². The Hall–Kier alpha value is -3.19. The number of piperidine rings is 1. The molecule has 2 amide bonds. The Morgan fingerprint density at radius 3 is 2.56 bits per heavy atom. The van der Waals surface area contributed by atoms with Crippen LogP contribution in [0.1, 0.15) is 42.1 Å². The van der Waals surface area contributed by atoms with Crippen molar-refractivity contribution in [1.29, 1.82) is 0 Å². The molecular weight excluding hydrogens is 406 g/mol. The van der Waals surface area contributed by atoms with Crippen LogP contribution in [-0.4, -0.2) is 54.8 Å². The minimum absolute atomic E-state index is 0.0601. The number of hydrogen-bond donors (Lipinski definition) is 1. The number of benzene rings is 2. The van der Waals surface area contributed by atoms with Gasteiger partial charge in [0.2, 0.25) is 5.91 Å². The summed E-state index contributed by atoms with van der Waals surface area (Å²) in [5, 5.41) is 3.12. The molecule has 2 aliphatic heterocycles. The van der Waals surface area contributed by atoms with Gasteiger partial charge in [0.1, 0.15) is 5.75 Å². The number of nitrogens with zero attached hydrogens (tertiary/aromatic N) is 2. The molecule has 0 saturated carbocycles. The smallest absolute Gasteiger partial charge is 0.265 e. The second-order valence-corrected chi connectivity index (χ2v) is 8.43. The average molecular weight is 436 g/mol. The summed E-state index contributed by atoms with van der Waals surface area (Å²) < 4.78 is 5.47. The van der Waals surface area contributed by atoms with Crippen molar-refractivity contribution in [3.63, 3.8) is 0 Å². The number of nitrogens with one attached hydrogen (secondary N) is 1. The van der Waals surface area contributed by atoms with Gasteiger partial charge in [-0.25, -0.2) is 0 Å². The molecule has 0 aromatic heterocycles. The maximum Gasteiger partial charge on any atom is 0.265 e. The van der Waals surface area contributed by atoms with E-state index in [0.29, 0.717) is 17.0 Å². The lowest BCUT2D eigenvalue weighted by atomic mass is 10.0. The lowest BCUT2D eigenvalue weighted by molar-refractivity contribution is -0.122. The highest BCUT2D eigenvalue weighted by atomic mass is 16.5. The van der Waals surface area contributed by atoms with Crippen molar-refractivity contribution in [2.45, 2.75) is 38.8 Å². The largest absolute Gasteiger partial charge is 0.482 e. The van der Waals surface area contributed by atoms with Gasteiger partial charge in [0.15, 0.2) is 12.4 Å². The molecule has 2 heterocycles. The Morgan fingerprint density at radius 1 is 1.09 bits per heavy atom. The molecule has 7 heteroatoms. The molecule has 32 heavy (non-hydrogen) atoms. The lowest BCUT2D eigenvalue weighted by Gasteiger charge is -2.33. The predicted molar refractivity (Wildman–Crippen MR) is 122 cm³/mol. The summed E-state index contributed by atoms with van der Waals surface area (Å²) in [5.41, 5.74) is 2.37. The first-order valence-corrected chi connectivity index (χ1v) is 11.1. The standard InChI is InChI=1S/C25H29N3O4/c1-18(29)20-7-8-23-22(15-20)28(25(31)17-32-23)14-11-24(30)26-21-9-12-27(13-10-21)16-19-5-3-2-4-6-19/h2-8,15,21H,9-14,16-17H2,1H3,(H,26,30). The first-order valence-electron chi connectivity index (χ1n) is 11.1. The first-order chi connectivity index (χ1) is 15.5. The number of fused-ring (bicyclic) bond motifs is 1. The molecule has 0 unspecified atom stereocenters. The Balaban J connectivity index is 1.27. The van der Waals surface area contributed by atoms with E-state index in [4.69, 9.17) is 4.74 Å². The van der Waals surface area contributed by atoms with Crippen LogP contribution in [0.4, 0.5) is 5.69 Å². The third kappa shape index (κ3) is 5.34. The number of rotatable bonds is 7. The highest BCUT2D eigenvalue weighted by Gasteiger charge is 2.27. The van der Waals surface area contributed by atoms with Crippen LogP contribution in [0.15, 0.2) is 48.5 Å². The van der Waals surface area contributed by atoms with Crippen molar-refractivity contribution >= 4 is 23.3 Å². The van der Waals surface area contributed by atoms with Crippen molar-refractivity contribution in [2.24, 2.45) is 0 Å². The summed E-state index contributed by atoms with van der Waals surface area (Å²) in [7, 11) is 0. The number of carbonyl (C=O) groups excluding carboxylic acids is 3. The fourth-order valence-corrected chi connectivity index (χ4v) is 4.26. The van der Waals surface area contributed by atoms with Gasteiger partial charge in [0.25, 0.3) is 5.91 Å². The number of ketones is 1. The number of hydrogen-bond acceptors (Lipinski definition) is 5. The molecule has 0 spiro atoms. The maximum absolute atomic E-state index is 12.6. The van der Waals surface area contributed by atoms with Gasteiger partial charge in [-0.15, -0.1) is 0 Å². The molecule has 0 radical (unpaired) electrons. The van der Waals surface area contributed by atoms with Crippen LogP contribution < -0.4 is 15.0 Å². The van der Waals surface area contributed by atoms with Crippen molar-refractivity contribution in [3.05, 3.63) is 59.7 Å². The van der Waals surface area contributed by atoms with Gasteiger partial charge in [-0.3, -0.25) is 19.3 Å². The lowest BCUT2D eigenvalue weighted by Crippen LogP contribution is -2.46. The second kappa shape index (κ2) is 9.96. The molecular formula is C25H29N3O4. The van der Waals surface area contributed by atoms with Gasteiger partial charge in [0.05, 0.1) is 5.69 Å². The number of carbonyl (C=O) groups is 3. The maximum atomic E-state index is 12.6. The molecule has 2 aromatic rings. The molecule has 1 N–H and O–H groups in total. The molecule has 7 nitrogen and oxygen atoms in total. The number of amides is 2. The van der Waals surface area contributed by atoms with Crippen molar-refractivity contribution < 1.29 is 19.1 Å². The Morgan fingerprint density at radius 2 is 1.84 bits per heavy atom. The number of likely N-dealkylation sites (tertiary alicyclic amines) is 1. The van der Waals surface area contributed by atoms with Gasteiger partial charge in [-0.05, 0) is 43.5 Å². The SMILES string of the molecule is CC(=O)c1ccc2c(c1)N(CCC(=O)NC1CCN(Cc3ccccc3)CC1)C(=O)CO2. The van der Waals surface area contributed by atoms with Gasteiger partial charge in [-0.1, -0.05) is 30.3 Å². The van der Waals surface area contributed by atoms with Gasteiger partial charge in [0, 0.05) is 44.2 Å². The number of anilines is 1. The Kier molecular flexibility index (Phi) is 6.85. The molecule has 0 bridgehead atoms. The molecule has 4 rings (SSSR count). The predicted octanol–water partition coefficient (Wildman–Crippen LogP) is 2.79. The minimum Gasteiger partial charge on any atom is -0.482 e. The molecule has 2 aromatic carbocycles. The van der Waals surface area contributed by atoms with Crippen molar-refractivity contribution in [2.75, 3.05) is 31.1 Å². The minimum atomic E-state index is -0.208. The van der Waals surface area contributed by atoms with Crippen molar-refractivity contribution in [3.8, 4) is 5.75 Å². The highest BCUT2D eigenvalue weighted by Crippen LogP contribution is 2.33. The number of Topliss-reactive ketones (excluding diaryl/α,β-unsaturated/α-hetero) is 1. The van der Waals surface area contributed by atoms with Gasteiger partial charge >= 0.3 is 0 Å². The van der Waals surface area contributed by atoms with E-state index in [2.05, 4.69) is 34.5 Å². The summed E-state index contributed by atoms with van der Waals surface area (Å²) in [6.07, 6.45) is 2.04. The molecule has 0 atom stereocenters. The Bertz CT molecular complexity index is 984. The van der Waals surface area contributed by atoms with E-state index in [1.807, 2.05) is 6.07 Å². The van der Waals surface area contributed by atoms with Crippen LogP contribution in [0.5, 0.6) is 5.75 Å². The molecule has 1 saturated heterocycles. The van der Waals surface area contributed by atoms with E-state index in [0.717, 1.165) is 32.5 Å². The highest BCUT2D eigenvalue weighted by molar-refractivity contribution is 6.01. The zero-order valence-electron chi connectivity index (χ0n) is 18.4. The van der Waals surface area contributed by atoms with E-state index < -0.39 is 0 Å². The second-order valence-electron chi connectivity index (χ2n) is 8.43. The summed E-state index contributed by atoms with van der Waals surface area (Å²) in [6.45, 7) is 4.51. The summed E-state index contributed by atoms with van der Waals surface area (Å²) in [4.78, 5) is 40.7. The van der Waals surface area contributed by atoms with Gasteiger partial charge in [-0.2, -0.15) is 0 Å². The van der Waals surface area contributed by atoms with Crippen LogP contribution in [-0.2, 0) is 16.1 Å². The molecule has 0 aliphatic carbocycles. The topological polar surface area (TPSA) is 79.0 Å². The third-order valence-corrected chi connectivity index (χ3v) is 6.07. The third-order valence-electron chi connectivity index (χ3n) is 6.07. The van der Waals surface area contributed by atoms with E-state index >= 15 is 0 Å². The first kappa shape index (κ1) is 22.0. The molecule has 168 valence electrons. The fraction of sp³-hybridized carbons (Fsp3) is 0.400. The van der Waals surface area contributed by atoms with E-state index in [1.54, 1.807) is 23.1 Å². The van der Waals surface area contributed by atoms with E-state index in [1.165, 1.54) is 12.5 Å². The summed E-state index contributed by atoms with van der Waals surface area (Å²) in [6, 6.07) is 15.6. The average Bonchev–Trinajstić information content (AvgIpc) is 2.80. The van der Waals surface area contributed by atoms with Crippen molar-refractivity contribution in [1.82, 2.24) is 10.2 Å². The normalized spacial score (nSPS) is 16.9. The zero-order chi connectivity index (χ0) is 22.5. The monoisotopic (exact) mass is 435 g/mol. The zero-order valence-corrected chi connectivity index (χ0v) is 18.4. The van der Waals surface area contributed by atoms with Gasteiger partial charge < -0.3 is 15.0 Å². The Labute approximate surface area is 188 Å². The van der Waals surface area contributed by atoms with Crippen LogP contribution >= 0.6 is 0 Å². The van der Waals surface area contributed by atoms with E-state index in [9.17, 15) is 14.4 Å². The summed E-state index contributed by atoms with van der Waals surface area (Å²) >= 11 is 0. The van der Waals surface area contributed by atoms with Crippen LogP contribution in [0.25, 0.3) is 0 Å². The fourth-order valence-electron chi connectivity index (χ4n) is 4.26. The van der Waals surface area contributed by atoms with Crippen LogP contribution in [0, 0.1) is 0 Å².